The Morgan fingerprint density at radius 2 is 2.33 bits per heavy atom. The van der Waals surface area contributed by atoms with Gasteiger partial charge in [-0.15, -0.1) is 0 Å². The number of aryl methyl sites for hydroxylation is 1. The van der Waals surface area contributed by atoms with Crippen LogP contribution < -0.4 is 5.32 Å². The second-order valence-electron chi connectivity index (χ2n) is 3.65. The molecule has 0 spiro atoms. The zero-order valence-corrected chi connectivity index (χ0v) is 11.0. The van der Waals surface area contributed by atoms with E-state index in [1.165, 1.54) is 5.56 Å². The van der Waals surface area contributed by atoms with Gasteiger partial charge in [0.05, 0.1) is 0 Å². The van der Waals surface area contributed by atoms with Crippen LogP contribution in [0.2, 0.25) is 0 Å². The molecule has 4 heteroatoms. The molecule has 15 heavy (non-hydrogen) atoms. The molecule has 1 aromatic heterocycles. The molecule has 0 fully saturated rings. The van der Waals surface area contributed by atoms with Crippen molar-refractivity contribution >= 4 is 21.7 Å². The molecular weight excluding hydrogens is 256 g/mol. The average Bonchev–Trinajstić information content (AvgIpc) is 2.20. The van der Waals surface area contributed by atoms with E-state index >= 15 is 0 Å². The largest absolute Gasteiger partial charge is 0.385 e. The van der Waals surface area contributed by atoms with Crippen LogP contribution in [0.1, 0.15) is 18.9 Å². The van der Waals surface area contributed by atoms with Crippen LogP contribution in [-0.2, 0) is 4.74 Å². The number of ether oxygens (including phenoxy) is 1. The van der Waals surface area contributed by atoms with Gasteiger partial charge in [-0.2, -0.15) is 0 Å². The van der Waals surface area contributed by atoms with Crippen LogP contribution in [0, 0.1) is 6.92 Å². The molecule has 0 aliphatic carbocycles. The average molecular weight is 273 g/mol. The summed E-state index contributed by atoms with van der Waals surface area (Å²) in [5.41, 5.74) is 1.19. The van der Waals surface area contributed by atoms with Crippen LogP contribution in [0.25, 0.3) is 0 Å². The van der Waals surface area contributed by atoms with Crippen molar-refractivity contribution in [3.63, 3.8) is 0 Å². The summed E-state index contributed by atoms with van der Waals surface area (Å²) in [5, 5.41) is 3.33. The molecule has 0 saturated heterocycles. The van der Waals surface area contributed by atoms with E-state index in [0.717, 1.165) is 23.3 Å². The molecule has 1 heterocycles. The fraction of sp³-hybridized carbons (Fsp3) is 0.545. The molecule has 0 aliphatic rings. The lowest BCUT2D eigenvalue weighted by Crippen LogP contribution is -2.17. The fourth-order valence-electron chi connectivity index (χ4n) is 1.24. The van der Waals surface area contributed by atoms with Gasteiger partial charge in [-0.25, -0.2) is 4.98 Å². The van der Waals surface area contributed by atoms with E-state index in [-0.39, 0.29) is 0 Å². The van der Waals surface area contributed by atoms with E-state index in [2.05, 4.69) is 40.1 Å². The minimum Gasteiger partial charge on any atom is -0.385 e. The van der Waals surface area contributed by atoms with Crippen molar-refractivity contribution in [1.82, 2.24) is 4.98 Å². The first-order valence-electron chi connectivity index (χ1n) is 5.01. The lowest BCUT2D eigenvalue weighted by molar-refractivity contribution is 0.191. The lowest BCUT2D eigenvalue weighted by atomic mass is 10.2. The van der Waals surface area contributed by atoms with Gasteiger partial charge in [0.15, 0.2) is 0 Å². The Labute approximate surface area is 99.4 Å². The summed E-state index contributed by atoms with van der Waals surface area (Å²) in [4.78, 5) is 4.29. The summed E-state index contributed by atoms with van der Waals surface area (Å²) in [6, 6.07) is 2.41. The number of anilines is 1. The predicted octanol–water partition coefficient (Wildman–Crippen LogP) is 2.99. The summed E-state index contributed by atoms with van der Waals surface area (Å²) >= 11 is 3.43. The summed E-state index contributed by atoms with van der Waals surface area (Å²) in [7, 11) is 1.72. The molecule has 1 rings (SSSR count). The summed E-state index contributed by atoms with van der Waals surface area (Å²) < 4.78 is 6.06. The molecule has 0 amide bonds. The number of methoxy groups -OCH3 is 1. The highest BCUT2D eigenvalue weighted by Crippen LogP contribution is 2.17. The standard InChI is InChI=1S/C11H17BrN2O/c1-8-6-11(13-7-10(8)12)14-9(2)4-5-15-3/h6-7,9H,4-5H2,1-3H3,(H,13,14). The first-order chi connectivity index (χ1) is 7.13. The van der Waals surface area contributed by atoms with Gasteiger partial charge in [-0.1, -0.05) is 0 Å². The fourth-order valence-corrected chi connectivity index (χ4v) is 1.45. The Morgan fingerprint density at radius 3 is 2.93 bits per heavy atom. The third kappa shape index (κ3) is 4.18. The van der Waals surface area contributed by atoms with E-state index < -0.39 is 0 Å². The van der Waals surface area contributed by atoms with Crippen molar-refractivity contribution < 1.29 is 4.74 Å². The minimum absolute atomic E-state index is 0.373. The zero-order valence-electron chi connectivity index (χ0n) is 9.38. The molecule has 1 N–H and O–H groups in total. The van der Waals surface area contributed by atoms with Crippen LogP contribution in [0.5, 0.6) is 0 Å². The Bertz CT molecular complexity index is 317. The monoisotopic (exact) mass is 272 g/mol. The Balaban J connectivity index is 2.53. The zero-order chi connectivity index (χ0) is 11.3. The molecule has 1 aromatic rings. The maximum atomic E-state index is 5.03. The minimum atomic E-state index is 0.373. The van der Waals surface area contributed by atoms with Gasteiger partial charge >= 0.3 is 0 Å². The van der Waals surface area contributed by atoms with E-state index in [4.69, 9.17) is 4.74 Å². The van der Waals surface area contributed by atoms with Gasteiger partial charge < -0.3 is 10.1 Å². The topological polar surface area (TPSA) is 34.1 Å². The molecular formula is C11H17BrN2O. The number of nitrogens with one attached hydrogen (secondary N) is 1. The molecule has 84 valence electrons. The highest BCUT2D eigenvalue weighted by molar-refractivity contribution is 9.10. The molecule has 1 unspecified atom stereocenters. The highest BCUT2D eigenvalue weighted by atomic mass is 79.9. The quantitative estimate of drug-likeness (QED) is 0.895. The second kappa shape index (κ2) is 6.08. The SMILES string of the molecule is COCCC(C)Nc1cc(C)c(Br)cn1. The van der Waals surface area contributed by atoms with Crippen molar-refractivity contribution in [1.29, 1.82) is 0 Å². The number of aromatic nitrogens is 1. The van der Waals surface area contributed by atoms with Crippen LogP contribution in [-0.4, -0.2) is 24.7 Å². The lowest BCUT2D eigenvalue weighted by Gasteiger charge is -2.14. The summed E-state index contributed by atoms with van der Waals surface area (Å²) in [6.45, 7) is 4.94. The Kier molecular flexibility index (Phi) is 5.05. The summed E-state index contributed by atoms with van der Waals surface area (Å²) in [6.07, 6.45) is 2.80. The molecule has 0 bridgehead atoms. The summed E-state index contributed by atoms with van der Waals surface area (Å²) in [5.74, 6) is 0.916. The van der Waals surface area contributed by atoms with Crippen LogP contribution >= 0.6 is 15.9 Å². The van der Waals surface area contributed by atoms with Crippen LogP contribution in [0.4, 0.5) is 5.82 Å². The Morgan fingerprint density at radius 1 is 1.60 bits per heavy atom. The number of pyridine rings is 1. The van der Waals surface area contributed by atoms with Gasteiger partial charge in [0, 0.05) is 30.4 Å². The van der Waals surface area contributed by atoms with Crippen molar-refractivity contribution in [2.24, 2.45) is 0 Å². The molecule has 0 radical (unpaired) electrons. The van der Waals surface area contributed by atoms with Gasteiger partial charge in [-0.05, 0) is 47.8 Å². The van der Waals surface area contributed by atoms with Crippen molar-refractivity contribution in [2.45, 2.75) is 26.3 Å². The van der Waals surface area contributed by atoms with Gasteiger partial charge in [0.1, 0.15) is 5.82 Å². The molecule has 1 atom stereocenters. The number of hydrogen-bond acceptors (Lipinski definition) is 3. The van der Waals surface area contributed by atoms with Crippen LogP contribution in [0.15, 0.2) is 16.7 Å². The third-order valence-electron chi connectivity index (χ3n) is 2.20. The predicted molar refractivity (Wildman–Crippen MR) is 66.3 cm³/mol. The maximum absolute atomic E-state index is 5.03. The second-order valence-corrected chi connectivity index (χ2v) is 4.50. The number of nitrogens with zero attached hydrogens (tertiary/aromatic N) is 1. The number of rotatable bonds is 5. The number of hydrogen-bond donors (Lipinski definition) is 1. The molecule has 0 aliphatic heterocycles. The smallest absolute Gasteiger partial charge is 0.126 e. The van der Waals surface area contributed by atoms with E-state index in [1.807, 2.05) is 12.3 Å². The van der Waals surface area contributed by atoms with E-state index in [1.54, 1.807) is 7.11 Å². The van der Waals surface area contributed by atoms with Crippen molar-refractivity contribution in [3.05, 3.63) is 22.3 Å². The Hall–Kier alpha value is -0.610. The first-order valence-corrected chi connectivity index (χ1v) is 5.80. The molecule has 0 aromatic carbocycles. The third-order valence-corrected chi connectivity index (χ3v) is 3.03. The maximum Gasteiger partial charge on any atom is 0.126 e. The van der Waals surface area contributed by atoms with E-state index in [9.17, 15) is 0 Å². The van der Waals surface area contributed by atoms with Crippen molar-refractivity contribution in [3.8, 4) is 0 Å². The normalized spacial score (nSPS) is 12.5. The van der Waals surface area contributed by atoms with Crippen molar-refractivity contribution in [2.75, 3.05) is 19.0 Å². The van der Waals surface area contributed by atoms with Gasteiger partial charge in [-0.3, -0.25) is 0 Å². The molecule has 0 saturated carbocycles. The number of halogens is 1. The van der Waals surface area contributed by atoms with Crippen LogP contribution in [0.3, 0.4) is 0 Å². The first kappa shape index (κ1) is 12.5. The molecule has 3 nitrogen and oxygen atoms in total. The van der Waals surface area contributed by atoms with E-state index in [0.29, 0.717) is 6.04 Å². The van der Waals surface area contributed by atoms with Gasteiger partial charge in [0.25, 0.3) is 0 Å². The highest BCUT2D eigenvalue weighted by Gasteiger charge is 2.03. The van der Waals surface area contributed by atoms with Gasteiger partial charge in [0.2, 0.25) is 0 Å².